The van der Waals surface area contributed by atoms with Crippen LogP contribution in [-0.4, -0.2) is 52.9 Å². The van der Waals surface area contributed by atoms with Crippen LogP contribution in [0.1, 0.15) is 39.3 Å². The number of aromatic nitrogens is 1. The Balaban J connectivity index is 1.92. The van der Waals surface area contributed by atoms with Gasteiger partial charge in [0.1, 0.15) is 0 Å². The smallest absolute Gasteiger partial charge is 0.240 e. The van der Waals surface area contributed by atoms with Gasteiger partial charge in [0.2, 0.25) is 5.91 Å². The molecule has 1 aliphatic rings. The van der Waals surface area contributed by atoms with E-state index in [-0.39, 0.29) is 11.3 Å². The molecular weight excluding hydrogens is 276 g/mol. The Labute approximate surface area is 133 Å². The van der Waals surface area contributed by atoms with Crippen LogP contribution in [0, 0.1) is 5.41 Å². The first-order valence-electron chi connectivity index (χ1n) is 7.99. The molecule has 1 saturated heterocycles. The van der Waals surface area contributed by atoms with Gasteiger partial charge in [0.15, 0.2) is 0 Å². The summed E-state index contributed by atoms with van der Waals surface area (Å²) < 4.78 is 0. The number of rotatable bonds is 3. The second-order valence-electron chi connectivity index (χ2n) is 7.17. The Morgan fingerprint density at radius 2 is 1.91 bits per heavy atom. The van der Waals surface area contributed by atoms with Crippen molar-refractivity contribution in [2.24, 2.45) is 11.1 Å². The van der Waals surface area contributed by atoms with Gasteiger partial charge in [-0.2, -0.15) is 0 Å². The quantitative estimate of drug-likeness (QED) is 0.922. The summed E-state index contributed by atoms with van der Waals surface area (Å²) in [7, 11) is 0. The molecule has 0 aliphatic carbocycles. The van der Waals surface area contributed by atoms with Crippen molar-refractivity contribution in [1.29, 1.82) is 0 Å². The van der Waals surface area contributed by atoms with Crippen LogP contribution in [0.25, 0.3) is 0 Å². The molecule has 2 atom stereocenters. The standard InChI is InChI=1S/C17H28N4O/c1-13(14-6-5-7-19-12-14)20-8-10-21(11-9-20)16(22)15(18)17(2,3)4/h5-7,12-13,15H,8-11,18H2,1-4H3/t13?,15-/m1/s1. The minimum atomic E-state index is -0.435. The Kier molecular flexibility index (Phi) is 5.19. The third-order valence-electron chi connectivity index (χ3n) is 4.54. The van der Waals surface area contributed by atoms with Gasteiger partial charge in [0.05, 0.1) is 6.04 Å². The molecule has 1 aromatic heterocycles. The van der Waals surface area contributed by atoms with Crippen LogP contribution in [0.2, 0.25) is 0 Å². The zero-order valence-electron chi connectivity index (χ0n) is 14.1. The number of piperazine rings is 1. The zero-order valence-corrected chi connectivity index (χ0v) is 14.1. The van der Waals surface area contributed by atoms with Crippen molar-refractivity contribution in [1.82, 2.24) is 14.8 Å². The fraction of sp³-hybridized carbons (Fsp3) is 0.647. The number of hydrogen-bond donors (Lipinski definition) is 1. The maximum atomic E-state index is 12.5. The van der Waals surface area contributed by atoms with Crippen molar-refractivity contribution in [2.45, 2.75) is 39.8 Å². The van der Waals surface area contributed by atoms with Crippen molar-refractivity contribution in [2.75, 3.05) is 26.2 Å². The van der Waals surface area contributed by atoms with Crippen molar-refractivity contribution in [3.63, 3.8) is 0 Å². The molecule has 1 fully saturated rings. The lowest BCUT2D eigenvalue weighted by Crippen LogP contribution is -2.56. The van der Waals surface area contributed by atoms with Crippen LogP contribution in [0.4, 0.5) is 0 Å². The Bertz CT molecular complexity index is 489. The summed E-state index contributed by atoms with van der Waals surface area (Å²) in [5.41, 5.74) is 7.12. The molecule has 1 aromatic rings. The number of nitrogens with two attached hydrogens (primary N) is 1. The molecule has 0 radical (unpaired) electrons. The van der Waals surface area contributed by atoms with E-state index in [0.29, 0.717) is 6.04 Å². The minimum absolute atomic E-state index is 0.0705. The lowest BCUT2D eigenvalue weighted by atomic mass is 9.86. The maximum Gasteiger partial charge on any atom is 0.240 e. The van der Waals surface area contributed by atoms with E-state index in [4.69, 9.17) is 5.73 Å². The third kappa shape index (κ3) is 3.84. The summed E-state index contributed by atoms with van der Waals surface area (Å²) >= 11 is 0. The fourth-order valence-electron chi connectivity index (χ4n) is 2.73. The summed E-state index contributed by atoms with van der Waals surface area (Å²) in [6.45, 7) is 11.5. The van der Waals surface area contributed by atoms with E-state index in [2.05, 4.69) is 22.9 Å². The lowest BCUT2D eigenvalue weighted by Gasteiger charge is -2.40. The highest BCUT2D eigenvalue weighted by Crippen LogP contribution is 2.23. The average molecular weight is 304 g/mol. The van der Waals surface area contributed by atoms with Gasteiger partial charge >= 0.3 is 0 Å². The Hall–Kier alpha value is -1.46. The van der Waals surface area contributed by atoms with E-state index < -0.39 is 6.04 Å². The lowest BCUT2D eigenvalue weighted by molar-refractivity contribution is -0.137. The van der Waals surface area contributed by atoms with Gasteiger partial charge in [-0.1, -0.05) is 26.8 Å². The first-order chi connectivity index (χ1) is 10.3. The molecule has 122 valence electrons. The van der Waals surface area contributed by atoms with Gasteiger partial charge < -0.3 is 10.6 Å². The van der Waals surface area contributed by atoms with Gasteiger partial charge in [0.25, 0.3) is 0 Å². The van der Waals surface area contributed by atoms with Gasteiger partial charge in [-0.15, -0.1) is 0 Å². The summed E-state index contributed by atoms with van der Waals surface area (Å²) in [6.07, 6.45) is 3.71. The van der Waals surface area contributed by atoms with Crippen LogP contribution < -0.4 is 5.73 Å². The van der Waals surface area contributed by atoms with Crippen LogP contribution in [0.15, 0.2) is 24.5 Å². The summed E-state index contributed by atoms with van der Waals surface area (Å²) in [4.78, 5) is 20.9. The van der Waals surface area contributed by atoms with E-state index >= 15 is 0 Å². The van der Waals surface area contributed by atoms with Gasteiger partial charge in [0, 0.05) is 44.6 Å². The summed E-state index contributed by atoms with van der Waals surface area (Å²) in [6, 6.07) is 3.95. The van der Waals surface area contributed by atoms with Gasteiger partial charge in [-0.3, -0.25) is 14.7 Å². The fourth-order valence-corrected chi connectivity index (χ4v) is 2.73. The average Bonchev–Trinajstić information content (AvgIpc) is 2.53. The summed E-state index contributed by atoms with van der Waals surface area (Å²) in [5.74, 6) is 0.0705. The molecule has 0 bridgehead atoms. The van der Waals surface area contributed by atoms with Crippen molar-refractivity contribution in [3.8, 4) is 0 Å². The minimum Gasteiger partial charge on any atom is -0.339 e. The highest BCUT2D eigenvalue weighted by atomic mass is 16.2. The van der Waals surface area contributed by atoms with E-state index in [1.54, 1.807) is 6.20 Å². The zero-order chi connectivity index (χ0) is 16.3. The number of amides is 1. The highest BCUT2D eigenvalue weighted by Gasteiger charge is 2.33. The third-order valence-corrected chi connectivity index (χ3v) is 4.54. The second-order valence-corrected chi connectivity index (χ2v) is 7.17. The van der Waals surface area contributed by atoms with E-state index in [1.807, 2.05) is 37.9 Å². The number of carbonyl (C=O) groups excluding carboxylic acids is 1. The molecule has 2 N–H and O–H groups in total. The number of pyridine rings is 1. The van der Waals surface area contributed by atoms with Crippen molar-refractivity contribution in [3.05, 3.63) is 30.1 Å². The molecule has 0 aromatic carbocycles. The molecular formula is C17H28N4O. The Morgan fingerprint density at radius 3 is 2.41 bits per heavy atom. The van der Waals surface area contributed by atoms with E-state index in [0.717, 1.165) is 26.2 Å². The molecule has 2 rings (SSSR count). The van der Waals surface area contributed by atoms with Crippen LogP contribution in [-0.2, 0) is 4.79 Å². The first-order valence-corrected chi connectivity index (χ1v) is 7.99. The topological polar surface area (TPSA) is 62.5 Å². The number of hydrogen-bond acceptors (Lipinski definition) is 4. The van der Waals surface area contributed by atoms with Crippen LogP contribution in [0.5, 0.6) is 0 Å². The highest BCUT2D eigenvalue weighted by molar-refractivity contribution is 5.82. The van der Waals surface area contributed by atoms with Gasteiger partial charge in [-0.25, -0.2) is 0 Å². The molecule has 22 heavy (non-hydrogen) atoms. The molecule has 1 amide bonds. The Morgan fingerprint density at radius 1 is 1.27 bits per heavy atom. The second kappa shape index (κ2) is 6.75. The molecule has 2 heterocycles. The molecule has 1 aliphatic heterocycles. The SMILES string of the molecule is CC(c1cccnc1)N1CCN(C(=O)[C@@H](N)C(C)(C)C)CC1. The molecule has 0 saturated carbocycles. The maximum absolute atomic E-state index is 12.5. The predicted molar refractivity (Wildman–Crippen MR) is 88.2 cm³/mol. The molecule has 1 unspecified atom stereocenters. The van der Waals surface area contributed by atoms with Crippen LogP contribution >= 0.6 is 0 Å². The number of nitrogens with zero attached hydrogens (tertiary/aromatic N) is 3. The number of carbonyl (C=O) groups is 1. The van der Waals surface area contributed by atoms with Gasteiger partial charge in [-0.05, 0) is 24.0 Å². The molecule has 0 spiro atoms. The predicted octanol–water partition coefficient (Wildman–Crippen LogP) is 1.66. The molecule has 5 nitrogen and oxygen atoms in total. The molecule has 5 heteroatoms. The van der Waals surface area contributed by atoms with Crippen molar-refractivity contribution >= 4 is 5.91 Å². The monoisotopic (exact) mass is 304 g/mol. The van der Waals surface area contributed by atoms with Crippen LogP contribution in [0.3, 0.4) is 0 Å². The summed E-state index contributed by atoms with van der Waals surface area (Å²) in [5, 5.41) is 0. The normalized spacial score (nSPS) is 19.8. The first kappa shape index (κ1) is 16.9. The van der Waals surface area contributed by atoms with E-state index in [9.17, 15) is 4.79 Å². The van der Waals surface area contributed by atoms with E-state index in [1.165, 1.54) is 5.56 Å². The largest absolute Gasteiger partial charge is 0.339 e. The van der Waals surface area contributed by atoms with Crippen molar-refractivity contribution < 1.29 is 4.79 Å².